The summed E-state index contributed by atoms with van der Waals surface area (Å²) in [7, 11) is 1.97. The molecule has 2 aromatic carbocycles. The van der Waals surface area contributed by atoms with Gasteiger partial charge in [-0.15, -0.1) is 0 Å². The molecule has 2 heterocycles. The van der Waals surface area contributed by atoms with Crippen LogP contribution in [0.1, 0.15) is 67.6 Å². The Hall–Kier alpha value is -3.22. The van der Waals surface area contributed by atoms with E-state index in [4.69, 9.17) is 14.7 Å². The summed E-state index contributed by atoms with van der Waals surface area (Å²) in [6.45, 7) is -0.00723. The van der Waals surface area contributed by atoms with Gasteiger partial charge in [-0.1, -0.05) is 54.6 Å². The number of nitrogens with one attached hydrogen (secondary N) is 2. The van der Waals surface area contributed by atoms with E-state index in [1.165, 1.54) is 0 Å². The number of hydrogen-bond donors (Lipinski definition) is 4. The standard InChI is InChI=1S/C29H36N4O6S/c1-33-16-15-30-29(33)40-19-24-17-25(21-9-7-20(18-34)8-10-21)39-28(38-24)22-11-13-23(14-12-22)31-26(35)5-3-2-4-6-27(36)32-37/h7-16,24-25,28,34,37H,2-6,17-19H2,1H3,(H,31,35)(H,32,36)/t24-,25+,28+/m0/s1. The Labute approximate surface area is 238 Å². The Morgan fingerprint density at radius 1 is 1.00 bits per heavy atom. The number of ether oxygens (including phenoxy) is 2. The summed E-state index contributed by atoms with van der Waals surface area (Å²) < 4.78 is 14.8. The maximum Gasteiger partial charge on any atom is 0.243 e. The Balaban J connectivity index is 1.36. The molecular formula is C29H36N4O6S. The summed E-state index contributed by atoms with van der Waals surface area (Å²) in [5.74, 6) is 0.205. The van der Waals surface area contributed by atoms with Crippen molar-refractivity contribution >= 4 is 29.3 Å². The Morgan fingerprint density at radius 2 is 1.70 bits per heavy atom. The van der Waals surface area contributed by atoms with Gasteiger partial charge in [0.25, 0.3) is 0 Å². The van der Waals surface area contributed by atoms with Crippen LogP contribution in [0.2, 0.25) is 0 Å². The number of imidazole rings is 1. The van der Waals surface area contributed by atoms with Crippen molar-refractivity contribution in [2.24, 2.45) is 7.05 Å². The number of aliphatic hydroxyl groups is 1. The number of benzene rings is 2. The number of unbranched alkanes of at least 4 members (excludes halogenated alkanes) is 2. The molecule has 11 heteroatoms. The van der Waals surface area contributed by atoms with Crippen LogP contribution in [-0.2, 0) is 32.7 Å². The average molecular weight is 569 g/mol. The number of nitrogens with zero attached hydrogens (tertiary/aromatic N) is 2. The first-order chi connectivity index (χ1) is 19.4. The summed E-state index contributed by atoms with van der Waals surface area (Å²) in [5, 5.41) is 21.8. The van der Waals surface area contributed by atoms with Gasteiger partial charge in [0, 0.05) is 55.7 Å². The van der Waals surface area contributed by atoms with E-state index in [2.05, 4.69) is 10.3 Å². The molecule has 0 bridgehead atoms. The number of carbonyl (C=O) groups excluding carboxylic acids is 2. The van der Waals surface area contributed by atoms with E-state index in [0.29, 0.717) is 31.4 Å². The van der Waals surface area contributed by atoms with Crippen LogP contribution in [0.4, 0.5) is 5.69 Å². The lowest BCUT2D eigenvalue weighted by Gasteiger charge is -2.36. The number of rotatable bonds is 13. The van der Waals surface area contributed by atoms with E-state index in [1.54, 1.807) is 23.4 Å². The second-order valence-corrected chi connectivity index (χ2v) is 10.7. The van der Waals surface area contributed by atoms with Gasteiger partial charge < -0.3 is 24.5 Å². The molecule has 3 aromatic rings. The molecule has 1 fully saturated rings. The van der Waals surface area contributed by atoms with Crippen molar-refractivity contribution in [3.63, 3.8) is 0 Å². The third-order valence-corrected chi connectivity index (χ3v) is 7.88. The van der Waals surface area contributed by atoms with Crippen LogP contribution in [0.25, 0.3) is 0 Å². The third kappa shape index (κ3) is 8.64. The molecule has 1 aliphatic heterocycles. The highest BCUT2D eigenvalue weighted by Crippen LogP contribution is 2.39. The molecule has 0 saturated carbocycles. The number of hydrogen-bond acceptors (Lipinski definition) is 8. The van der Waals surface area contributed by atoms with Gasteiger partial charge >= 0.3 is 0 Å². The average Bonchev–Trinajstić information content (AvgIpc) is 3.40. The van der Waals surface area contributed by atoms with Crippen molar-refractivity contribution in [2.45, 2.75) is 68.8 Å². The summed E-state index contributed by atoms with van der Waals surface area (Å²) in [4.78, 5) is 27.8. The second-order valence-electron chi connectivity index (χ2n) is 9.75. The van der Waals surface area contributed by atoms with Gasteiger partial charge in [0.2, 0.25) is 11.8 Å². The van der Waals surface area contributed by atoms with Gasteiger partial charge in [-0.3, -0.25) is 14.8 Å². The summed E-state index contributed by atoms with van der Waals surface area (Å²) in [6, 6.07) is 15.3. The minimum atomic E-state index is -0.580. The molecule has 1 aromatic heterocycles. The number of hydroxylamine groups is 1. The van der Waals surface area contributed by atoms with Crippen LogP contribution in [0.15, 0.2) is 66.1 Å². The van der Waals surface area contributed by atoms with Gasteiger partial charge in [0.05, 0.1) is 18.8 Å². The first-order valence-electron chi connectivity index (χ1n) is 13.4. The largest absolute Gasteiger partial charge is 0.392 e. The Kier molecular flexibility index (Phi) is 11.1. The van der Waals surface area contributed by atoms with E-state index in [9.17, 15) is 14.7 Å². The first kappa shape index (κ1) is 29.8. The zero-order valence-corrected chi connectivity index (χ0v) is 23.3. The zero-order valence-electron chi connectivity index (χ0n) is 22.5. The predicted molar refractivity (Wildman–Crippen MR) is 150 cm³/mol. The van der Waals surface area contributed by atoms with Gasteiger partial charge in [0.1, 0.15) is 0 Å². The van der Waals surface area contributed by atoms with Crippen molar-refractivity contribution < 1.29 is 29.4 Å². The minimum absolute atomic E-state index is 0.00723. The van der Waals surface area contributed by atoms with Gasteiger partial charge in [-0.05, 0) is 36.1 Å². The van der Waals surface area contributed by atoms with Crippen LogP contribution in [0, 0.1) is 0 Å². The molecule has 0 spiro atoms. The van der Waals surface area contributed by atoms with Gasteiger partial charge in [-0.2, -0.15) is 0 Å². The molecule has 40 heavy (non-hydrogen) atoms. The molecule has 10 nitrogen and oxygen atoms in total. The van der Waals surface area contributed by atoms with Crippen molar-refractivity contribution in [1.82, 2.24) is 15.0 Å². The molecule has 0 unspecified atom stereocenters. The van der Waals surface area contributed by atoms with Crippen LogP contribution in [-0.4, -0.2) is 43.5 Å². The fourth-order valence-corrected chi connectivity index (χ4v) is 5.38. The van der Waals surface area contributed by atoms with E-state index in [-0.39, 0.29) is 31.1 Å². The lowest BCUT2D eigenvalue weighted by atomic mass is 10.0. The monoisotopic (exact) mass is 568 g/mol. The lowest BCUT2D eigenvalue weighted by molar-refractivity contribution is -0.245. The number of amides is 2. The maximum absolute atomic E-state index is 12.3. The molecule has 3 atom stereocenters. The number of aryl methyl sites for hydroxylation is 1. The fraction of sp³-hybridized carbons (Fsp3) is 0.414. The fourth-order valence-electron chi connectivity index (χ4n) is 4.43. The smallest absolute Gasteiger partial charge is 0.243 e. The van der Waals surface area contributed by atoms with Crippen LogP contribution in [0.3, 0.4) is 0 Å². The maximum atomic E-state index is 12.3. The summed E-state index contributed by atoms with van der Waals surface area (Å²) >= 11 is 1.64. The molecule has 4 rings (SSSR count). The topological polar surface area (TPSA) is 135 Å². The van der Waals surface area contributed by atoms with Crippen molar-refractivity contribution in [3.8, 4) is 0 Å². The van der Waals surface area contributed by atoms with E-state index in [0.717, 1.165) is 34.0 Å². The van der Waals surface area contributed by atoms with Crippen LogP contribution >= 0.6 is 11.8 Å². The number of anilines is 1. The molecule has 214 valence electrons. The molecule has 0 radical (unpaired) electrons. The van der Waals surface area contributed by atoms with E-state index in [1.807, 2.05) is 66.3 Å². The van der Waals surface area contributed by atoms with E-state index < -0.39 is 12.2 Å². The lowest BCUT2D eigenvalue weighted by Crippen LogP contribution is -2.31. The number of carbonyl (C=O) groups is 2. The summed E-state index contributed by atoms with van der Waals surface area (Å²) in [5.41, 5.74) is 5.02. The predicted octanol–water partition coefficient (Wildman–Crippen LogP) is 4.64. The van der Waals surface area contributed by atoms with Crippen LogP contribution < -0.4 is 10.8 Å². The molecular weight excluding hydrogens is 532 g/mol. The third-order valence-electron chi connectivity index (χ3n) is 6.69. The quantitative estimate of drug-likeness (QED) is 0.101. The van der Waals surface area contributed by atoms with E-state index >= 15 is 0 Å². The Bertz CT molecular complexity index is 1230. The minimum Gasteiger partial charge on any atom is -0.392 e. The second kappa shape index (κ2) is 15.0. The molecule has 4 N–H and O–H groups in total. The van der Waals surface area contributed by atoms with Crippen LogP contribution in [0.5, 0.6) is 0 Å². The summed E-state index contributed by atoms with van der Waals surface area (Å²) in [6.07, 6.45) is 6.13. The normalized spacial score (nSPS) is 18.8. The van der Waals surface area contributed by atoms with Crippen molar-refractivity contribution in [1.29, 1.82) is 0 Å². The SMILES string of the molecule is Cn1ccnc1SC[C@@H]1C[C@H](c2ccc(CO)cc2)O[C@H](c2ccc(NC(=O)CCCCCC(=O)NO)cc2)O1. The van der Waals surface area contributed by atoms with Gasteiger partial charge in [0.15, 0.2) is 11.4 Å². The highest BCUT2D eigenvalue weighted by molar-refractivity contribution is 7.99. The highest BCUT2D eigenvalue weighted by Gasteiger charge is 2.32. The first-order valence-corrected chi connectivity index (χ1v) is 14.4. The molecule has 1 saturated heterocycles. The molecule has 2 amide bonds. The van der Waals surface area contributed by atoms with Crippen molar-refractivity contribution in [2.75, 3.05) is 11.1 Å². The number of thioether (sulfide) groups is 1. The van der Waals surface area contributed by atoms with Gasteiger partial charge in [-0.25, -0.2) is 10.5 Å². The molecule has 0 aliphatic carbocycles. The highest BCUT2D eigenvalue weighted by atomic mass is 32.2. The zero-order chi connectivity index (χ0) is 28.3. The molecule has 1 aliphatic rings. The number of aliphatic hydroxyl groups excluding tert-OH is 1. The number of aromatic nitrogens is 2. The van der Waals surface area contributed by atoms with Crippen molar-refractivity contribution in [3.05, 3.63) is 77.6 Å². The Morgan fingerprint density at radius 3 is 2.35 bits per heavy atom.